The number of halogens is 3. The van der Waals surface area contributed by atoms with E-state index in [4.69, 9.17) is 11.6 Å². The molecule has 1 nitrogen and oxygen atoms in total. The second-order valence-corrected chi connectivity index (χ2v) is 6.69. The first-order valence-corrected chi connectivity index (χ1v) is 8.23. The van der Waals surface area contributed by atoms with Crippen molar-refractivity contribution in [3.63, 3.8) is 0 Å². The highest BCUT2D eigenvalue weighted by Crippen LogP contribution is 2.39. The normalized spacial score (nSPS) is 22.2. The molecule has 2 aromatic carbocycles. The third kappa shape index (κ3) is 3.31. The molecule has 3 rings (SSSR count). The fraction of sp³-hybridized carbons (Fsp3) is 0.294. The molecule has 2 unspecified atom stereocenters. The number of nitrogens with one attached hydrogen (secondary N) is 1. The van der Waals surface area contributed by atoms with Gasteiger partial charge >= 0.3 is 0 Å². The molecule has 1 saturated heterocycles. The van der Waals surface area contributed by atoms with Crippen molar-refractivity contribution in [3.8, 4) is 0 Å². The highest BCUT2D eigenvalue weighted by molar-refractivity contribution is 9.10. The van der Waals surface area contributed by atoms with Crippen molar-refractivity contribution in [2.45, 2.75) is 18.3 Å². The van der Waals surface area contributed by atoms with E-state index in [0.29, 0.717) is 11.8 Å². The summed E-state index contributed by atoms with van der Waals surface area (Å²) in [5.41, 5.74) is 2.46. The molecule has 1 aliphatic heterocycles. The van der Waals surface area contributed by atoms with E-state index in [1.54, 1.807) is 12.1 Å². The predicted molar refractivity (Wildman–Crippen MR) is 88.5 cm³/mol. The lowest BCUT2D eigenvalue weighted by molar-refractivity contribution is 0.403. The van der Waals surface area contributed by atoms with Crippen molar-refractivity contribution in [2.75, 3.05) is 13.1 Å². The molecule has 0 aromatic heterocycles. The van der Waals surface area contributed by atoms with Crippen molar-refractivity contribution in [2.24, 2.45) is 0 Å². The molecule has 1 N–H and O–H groups in total. The minimum absolute atomic E-state index is 0.187. The van der Waals surface area contributed by atoms with E-state index in [1.165, 1.54) is 11.1 Å². The van der Waals surface area contributed by atoms with Crippen LogP contribution in [0.2, 0.25) is 5.02 Å². The number of piperidine rings is 1. The molecule has 0 bridgehead atoms. The van der Waals surface area contributed by atoms with Crippen LogP contribution in [0.3, 0.4) is 0 Å². The zero-order chi connectivity index (χ0) is 14.8. The summed E-state index contributed by atoms with van der Waals surface area (Å²) in [4.78, 5) is 0. The van der Waals surface area contributed by atoms with Gasteiger partial charge in [0.15, 0.2) is 0 Å². The molecule has 1 aliphatic rings. The monoisotopic (exact) mass is 367 g/mol. The molecule has 2 aromatic rings. The van der Waals surface area contributed by atoms with E-state index in [9.17, 15) is 4.39 Å². The lowest BCUT2D eigenvalue weighted by Crippen LogP contribution is -2.34. The maximum absolute atomic E-state index is 13.1. The van der Waals surface area contributed by atoms with Gasteiger partial charge in [-0.2, -0.15) is 0 Å². The summed E-state index contributed by atoms with van der Waals surface area (Å²) in [5.74, 6) is 0.589. The van der Waals surface area contributed by atoms with Crippen LogP contribution in [0.1, 0.15) is 29.4 Å². The number of benzene rings is 2. The van der Waals surface area contributed by atoms with E-state index in [0.717, 1.165) is 29.0 Å². The topological polar surface area (TPSA) is 12.0 Å². The Hall–Kier alpha value is -0.900. The first kappa shape index (κ1) is 15.0. The van der Waals surface area contributed by atoms with Gasteiger partial charge in [0.1, 0.15) is 5.82 Å². The number of rotatable bonds is 2. The molecule has 0 radical (unpaired) electrons. The van der Waals surface area contributed by atoms with Crippen LogP contribution in [0.15, 0.2) is 46.9 Å². The Morgan fingerprint density at radius 1 is 1.05 bits per heavy atom. The van der Waals surface area contributed by atoms with Gasteiger partial charge in [-0.25, -0.2) is 4.39 Å². The molecule has 2 atom stereocenters. The third-order valence-corrected chi connectivity index (χ3v) is 5.37. The maximum Gasteiger partial charge on any atom is 0.123 e. The Labute approximate surface area is 137 Å². The summed E-state index contributed by atoms with van der Waals surface area (Å²) < 4.78 is 14.1. The van der Waals surface area contributed by atoms with E-state index < -0.39 is 0 Å². The average Bonchev–Trinajstić information content (AvgIpc) is 2.51. The highest BCUT2D eigenvalue weighted by atomic mass is 79.9. The van der Waals surface area contributed by atoms with E-state index >= 15 is 0 Å². The molecular weight excluding hydrogens is 353 g/mol. The Balaban J connectivity index is 1.94. The van der Waals surface area contributed by atoms with Crippen molar-refractivity contribution in [1.29, 1.82) is 0 Å². The van der Waals surface area contributed by atoms with Crippen LogP contribution < -0.4 is 5.32 Å². The lowest BCUT2D eigenvalue weighted by Gasteiger charge is -2.33. The minimum Gasteiger partial charge on any atom is -0.316 e. The number of hydrogen-bond acceptors (Lipinski definition) is 1. The van der Waals surface area contributed by atoms with Crippen LogP contribution in [0.5, 0.6) is 0 Å². The van der Waals surface area contributed by atoms with Crippen LogP contribution in [0.25, 0.3) is 0 Å². The van der Waals surface area contributed by atoms with Crippen LogP contribution in [-0.4, -0.2) is 13.1 Å². The van der Waals surface area contributed by atoms with Gasteiger partial charge in [0, 0.05) is 16.9 Å². The molecule has 1 heterocycles. The Morgan fingerprint density at radius 3 is 2.48 bits per heavy atom. The Bertz CT molecular complexity index is 629. The summed E-state index contributed by atoms with van der Waals surface area (Å²) in [5, 5.41) is 4.17. The van der Waals surface area contributed by atoms with Crippen LogP contribution in [0, 0.1) is 5.82 Å². The van der Waals surface area contributed by atoms with Gasteiger partial charge in [-0.05, 0) is 70.2 Å². The molecule has 0 amide bonds. The molecule has 4 heteroatoms. The fourth-order valence-electron chi connectivity index (χ4n) is 3.06. The van der Waals surface area contributed by atoms with Crippen LogP contribution in [-0.2, 0) is 0 Å². The van der Waals surface area contributed by atoms with Crippen molar-refractivity contribution in [1.82, 2.24) is 5.32 Å². The van der Waals surface area contributed by atoms with Gasteiger partial charge in [-0.1, -0.05) is 29.8 Å². The first-order chi connectivity index (χ1) is 10.1. The van der Waals surface area contributed by atoms with Gasteiger partial charge in [0.2, 0.25) is 0 Å². The summed E-state index contributed by atoms with van der Waals surface area (Å²) in [6, 6.07) is 13.0. The standard InChI is InChI=1S/C17H16BrClFN/c18-16-9-12(3-6-17(16)19)14-7-8-21-10-15(14)11-1-4-13(20)5-2-11/h1-6,9,14-15,21H,7-8,10H2. The van der Waals surface area contributed by atoms with Crippen LogP contribution >= 0.6 is 27.5 Å². The van der Waals surface area contributed by atoms with Gasteiger partial charge in [0.25, 0.3) is 0 Å². The zero-order valence-corrected chi connectivity index (χ0v) is 13.8. The molecule has 0 aliphatic carbocycles. The first-order valence-electron chi connectivity index (χ1n) is 7.06. The van der Waals surface area contributed by atoms with E-state index in [-0.39, 0.29) is 5.82 Å². The highest BCUT2D eigenvalue weighted by Gasteiger charge is 2.28. The van der Waals surface area contributed by atoms with Gasteiger partial charge in [0.05, 0.1) is 5.02 Å². The summed E-state index contributed by atoms with van der Waals surface area (Å²) in [7, 11) is 0. The fourth-order valence-corrected chi connectivity index (χ4v) is 3.57. The van der Waals surface area contributed by atoms with Crippen molar-refractivity contribution in [3.05, 3.63) is 68.9 Å². The summed E-state index contributed by atoms with van der Waals surface area (Å²) in [6.45, 7) is 1.92. The molecule has 110 valence electrons. The zero-order valence-electron chi connectivity index (χ0n) is 11.5. The molecule has 0 saturated carbocycles. The van der Waals surface area contributed by atoms with Gasteiger partial charge in [-0.3, -0.25) is 0 Å². The lowest BCUT2D eigenvalue weighted by atomic mass is 9.77. The molecular formula is C17H16BrClFN. The molecule has 21 heavy (non-hydrogen) atoms. The SMILES string of the molecule is Fc1ccc(C2CNCCC2c2ccc(Cl)c(Br)c2)cc1. The second kappa shape index (κ2) is 6.47. The third-order valence-electron chi connectivity index (χ3n) is 4.15. The van der Waals surface area contributed by atoms with Crippen LogP contribution in [0.4, 0.5) is 4.39 Å². The summed E-state index contributed by atoms with van der Waals surface area (Å²) in [6.07, 6.45) is 1.07. The van der Waals surface area contributed by atoms with Crippen molar-refractivity contribution >= 4 is 27.5 Å². The second-order valence-electron chi connectivity index (χ2n) is 5.43. The molecule has 1 fully saturated rings. The van der Waals surface area contributed by atoms with Gasteiger partial charge < -0.3 is 5.32 Å². The molecule has 0 spiro atoms. The Morgan fingerprint density at radius 2 is 1.76 bits per heavy atom. The summed E-state index contributed by atoms with van der Waals surface area (Å²) >= 11 is 9.59. The van der Waals surface area contributed by atoms with Gasteiger partial charge in [-0.15, -0.1) is 0 Å². The number of hydrogen-bond donors (Lipinski definition) is 1. The smallest absolute Gasteiger partial charge is 0.123 e. The van der Waals surface area contributed by atoms with Crippen molar-refractivity contribution < 1.29 is 4.39 Å². The van der Waals surface area contributed by atoms with E-state index in [1.807, 2.05) is 18.2 Å². The predicted octanol–water partition coefficient (Wildman–Crippen LogP) is 5.10. The van der Waals surface area contributed by atoms with E-state index in [2.05, 4.69) is 33.4 Å². The quantitative estimate of drug-likeness (QED) is 0.777. The maximum atomic E-state index is 13.1. The Kier molecular flexibility index (Phi) is 4.63. The average molecular weight is 369 g/mol. The largest absolute Gasteiger partial charge is 0.316 e. The minimum atomic E-state index is -0.187.